The van der Waals surface area contributed by atoms with E-state index in [4.69, 9.17) is 10.8 Å². The summed E-state index contributed by atoms with van der Waals surface area (Å²) in [6.07, 6.45) is 3.33. The molecule has 0 aliphatic heterocycles. The number of halogens is 1. The van der Waals surface area contributed by atoms with Crippen molar-refractivity contribution in [3.63, 3.8) is 0 Å². The topological polar surface area (TPSA) is 173 Å². The van der Waals surface area contributed by atoms with Crippen molar-refractivity contribution in [1.29, 1.82) is 0 Å². The SMILES string of the molecule is Cc1ncc(Nc2nc(N[C@H](c3cccs3)[C@H](C)NC(=O)O)c(F)cc2C(N)=O)cc1-n1nccn1. The van der Waals surface area contributed by atoms with Crippen LogP contribution >= 0.6 is 11.3 Å². The number of anilines is 3. The average molecular weight is 512 g/mol. The van der Waals surface area contributed by atoms with Gasteiger partial charge in [0, 0.05) is 4.88 Å². The van der Waals surface area contributed by atoms with E-state index in [0.29, 0.717) is 17.1 Å². The molecule has 0 spiro atoms. The molecule has 6 N–H and O–H groups in total. The second-order valence-electron chi connectivity index (χ2n) is 7.73. The third-order valence-corrected chi connectivity index (χ3v) is 6.15. The van der Waals surface area contributed by atoms with Crippen LogP contribution in [-0.2, 0) is 0 Å². The molecule has 36 heavy (non-hydrogen) atoms. The molecule has 2 atom stereocenters. The Hall–Kier alpha value is -4.59. The van der Waals surface area contributed by atoms with E-state index in [0.717, 1.165) is 10.9 Å². The third kappa shape index (κ3) is 5.38. The Morgan fingerprint density at radius 2 is 1.97 bits per heavy atom. The van der Waals surface area contributed by atoms with Gasteiger partial charge in [-0.2, -0.15) is 10.2 Å². The van der Waals surface area contributed by atoms with E-state index in [1.807, 2.05) is 5.38 Å². The Balaban J connectivity index is 1.70. The van der Waals surface area contributed by atoms with Crippen molar-refractivity contribution in [2.45, 2.75) is 25.9 Å². The summed E-state index contributed by atoms with van der Waals surface area (Å²) < 4.78 is 15.0. The third-order valence-electron chi connectivity index (χ3n) is 5.19. The van der Waals surface area contributed by atoms with Crippen LogP contribution in [0.3, 0.4) is 0 Å². The second-order valence-corrected chi connectivity index (χ2v) is 8.71. The van der Waals surface area contributed by atoms with E-state index in [2.05, 4.69) is 36.1 Å². The molecule has 0 radical (unpaired) electrons. The van der Waals surface area contributed by atoms with Crippen molar-refractivity contribution in [3.8, 4) is 5.69 Å². The molecule has 0 saturated carbocycles. The van der Waals surface area contributed by atoms with Gasteiger partial charge in [-0.3, -0.25) is 9.78 Å². The van der Waals surface area contributed by atoms with Crippen LogP contribution in [0.2, 0.25) is 0 Å². The first kappa shape index (κ1) is 24.5. The van der Waals surface area contributed by atoms with E-state index < -0.39 is 29.9 Å². The van der Waals surface area contributed by atoms with Gasteiger partial charge in [-0.05, 0) is 37.4 Å². The van der Waals surface area contributed by atoms with Gasteiger partial charge in [0.05, 0.1) is 47.6 Å². The lowest BCUT2D eigenvalue weighted by molar-refractivity contribution is 0.1000. The average Bonchev–Trinajstić information content (AvgIpc) is 3.54. The van der Waals surface area contributed by atoms with Crippen LogP contribution in [-0.4, -0.2) is 48.1 Å². The fraction of sp³-hybridized carbons (Fsp3) is 0.182. The summed E-state index contributed by atoms with van der Waals surface area (Å²) in [6, 6.07) is 4.97. The van der Waals surface area contributed by atoms with Crippen LogP contribution in [0, 0.1) is 12.7 Å². The minimum Gasteiger partial charge on any atom is -0.465 e. The molecule has 0 aliphatic carbocycles. The Kier molecular flexibility index (Phi) is 7.05. The zero-order valence-corrected chi connectivity index (χ0v) is 20.0. The molecule has 186 valence electrons. The molecule has 0 bridgehead atoms. The highest BCUT2D eigenvalue weighted by Crippen LogP contribution is 2.30. The van der Waals surface area contributed by atoms with Crippen LogP contribution in [0.15, 0.2) is 48.2 Å². The normalized spacial score (nSPS) is 12.5. The van der Waals surface area contributed by atoms with E-state index >= 15 is 4.39 Å². The molecule has 4 aromatic rings. The van der Waals surface area contributed by atoms with Crippen LogP contribution in [0.4, 0.5) is 26.5 Å². The van der Waals surface area contributed by atoms with Gasteiger partial charge in [-0.15, -0.1) is 16.1 Å². The lowest BCUT2D eigenvalue weighted by atomic mass is 10.1. The van der Waals surface area contributed by atoms with Crippen LogP contribution < -0.4 is 21.7 Å². The van der Waals surface area contributed by atoms with Crippen LogP contribution in [0.1, 0.15) is 33.9 Å². The Morgan fingerprint density at radius 3 is 2.61 bits per heavy atom. The van der Waals surface area contributed by atoms with Gasteiger partial charge >= 0.3 is 6.09 Å². The van der Waals surface area contributed by atoms with E-state index in [9.17, 15) is 9.59 Å². The predicted octanol–water partition coefficient (Wildman–Crippen LogP) is 3.22. The summed E-state index contributed by atoms with van der Waals surface area (Å²) in [7, 11) is 0. The maximum Gasteiger partial charge on any atom is 0.404 e. The number of carbonyl (C=O) groups is 2. The number of hydrogen-bond donors (Lipinski definition) is 5. The maximum absolute atomic E-state index is 15.0. The number of carbonyl (C=O) groups excluding carboxylic acids is 1. The number of amides is 2. The second kappa shape index (κ2) is 10.4. The zero-order chi connectivity index (χ0) is 25.8. The number of nitrogens with one attached hydrogen (secondary N) is 3. The van der Waals surface area contributed by atoms with Crippen LogP contribution in [0.5, 0.6) is 0 Å². The lowest BCUT2D eigenvalue weighted by Crippen LogP contribution is -2.39. The number of nitrogens with zero attached hydrogens (tertiary/aromatic N) is 5. The number of aromatic nitrogens is 5. The summed E-state index contributed by atoms with van der Waals surface area (Å²) in [5, 5.41) is 27.5. The van der Waals surface area contributed by atoms with E-state index in [1.165, 1.54) is 34.7 Å². The smallest absolute Gasteiger partial charge is 0.404 e. The Bertz CT molecular complexity index is 1380. The highest BCUT2D eigenvalue weighted by Gasteiger charge is 2.25. The standard InChI is InChI=1S/C22H22FN9O3S/c1-11-16(32-26-5-6-27-32)8-13(10-25-11)29-20-14(19(24)33)9-15(23)21(31-20)30-18(12(2)28-22(34)35)17-4-3-7-36-17/h3-10,12,18,28H,1-2H3,(H2,24,33)(H,34,35)(H2,29,30,31)/t12-,18-/m0/s1. The van der Waals surface area contributed by atoms with Crippen molar-refractivity contribution in [2.75, 3.05) is 10.6 Å². The van der Waals surface area contributed by atoms with Gasteiger partial charge in [0.15, 0.2) is 11.6 Å². The van der Waals surface area contributed by atoms with Crippen molar-refractivity contribution in [2.24, 2.45) is 5.73 Å². The molecule has 0 aliphatic rings. The molecule has 0 unspecified atom stereocenters. The number of carboxylic acid groups (broad SMARTS) is 1. The number of aryl methyl sites for hydroxylation is 1. The number of pyridine rings is 2. The zero-order valence-electron chi connectivity index (χ0n) is 19.1. The molecule has 2 amide bonds. The molecule has 0 aromatic carbocycles. The molecule has 14 heteroatoms. The minimum atomic E-state index is -1.22. The van der Waals surface area contributed by atoms with Gasteiger partial charge < -0.3 is 26.8 Å². The highest BCUT2D eigenvalue weighted by molar-refractivity contribution is 7.10. The van der Waals surface area contributed by atoms with Crippen molar-refractivity contribution in [1.82, 2.24) is 30.3 Å². The van der Waals surface area contributed by atoms with Gasteiger partial charge in [0.1, 0.15) is 11.5 Å². The number of thiophene rings is 1. The largest absolute Gasteiger partial charge is 0.465 e. The first-order chi connectivity index (χ1) is 17.2. The summed E-state index contributed by atoms with van der Waals surface area (Å²) >= 11 is 1.37. The van der Waals surface area contributed by atoms with E-state index in [-0.39, 0.29) is 17.2 Å². The van der Waals surface area contributed by atoms with Crippen molar-refractivity contribution >= 4 is 40.7 Å². The van der Waals surface area contributed by atoms with E-state index in [1.54, 1.807) is 32.0 Å². The molecule has 0 saturated heterocycles. The number of primary amides is 1. The number of rotatable bonds is 9. The minimum absolute atomic E-state index is 0.0137. The lowest BCUT2D eigenvalue weighted by Gasteiger charge is -2.25. The molecule has 4 rings (SSSR count). The fourth-order valence-electron chi connectivity index (χ4n) is 3.48. The fourth-order valence-corrected chi connectivity index (χ4v) is 4.36. The Morgan fingerprint density at radius 1 is 1.22 bits per heavy atom. The van der Waals surface area contributed by atoms with Crippen molar-refractivity contribution < 1.29 is 19.1 Å². The summed E-state index contributed by atoms with van der Waals surface area (Å²) in [6.45, 7) is 3.43. The van der Waals surface area contributed by atoms with Crippen molar-refractivity contribution in [3.05, 3.63) is 70.2 Å². The molecular formula is C22H22FN9O3S. The number of nitrogens with two attached hydrogens (primary N) is 1. The molecule has 12 nitrogen and oxygen atoms in total. The molecule has 4 aromatic heterocycles. The monoisotopic (exact) mass is 511 g/mol. The number of hydrogen-bond acceptors (Lipinski definition) is 9. The molecular weight excluding hydrogens is 489 g/mol. The first-order valence-corrected chi connectivity index (χ1v) is 11.5. The predicted molar refractivity (Wildman–Crippen MR) is 131 cm³/mol. The first-order valence-electron chi connectivity index (χ1n) is 10.6. The summed E-state index contributed by atoms with van der Waals surface area (Å²) in [5.41, 5.74) is 6.96. The highest BCUT2D eigenvalue weighted by atomic mass is 32.1. The maximum atomic E-state index is 15.0. The van der Waals surface area contributed by atoms with Gasteiger partial charge in [0.2, 0.25) is 0 Å². The summed E-state index contributed by atoms with van der Waals surface area (Å²) in [5.74, 6) is -1.93. The van der Waals surface area contributed by atoms with Gasteiger partial charge in [0.25, 0.3) is 5.91 Å². The van der Waals surface area contributed by atoms with Gasteiger partial charge in [-0.1, -0.05) is 6.07 Å². The molecule has 0 fully saturated rings. The Labute approximate surface area is 208 Å². The van der Waals surface area contributed by atoms with Crippen LogP contribution in [0.25, 0.3) is 5.69 Å². The van der Waals surface area contributed by atoms with Gasteiger partial charge in [-0.25, -0.2) is 14.2 Å². The quantitative estimate of drug-likeness (QED) is 0.226. The summed E-state index contributed by atoms with van der Waals surface area (Å²) in [4.78, 5) is 34.0. The molecule has 4 heterocycles.